The van der Waals surface area contributed by atoms with Crippen LogP contribution in [0.3, 0.4) is 0 Å². The molecule has 0 radical (unpaired) electrons. The molecule has 1 fully saturated rings. The molecular formula is C20H24F2N4OS. The molecule has 8 heteroatoms. The van der Waals surface area contributed by atoms with Crippen LogP contribution in [0.4, 0.5) is 14.6 Å². The summed E-state index contributed by atoms with van der Waals surface area (Å²) in [6.07, 6.45) is 0. The number of benzene rings is 1. The molecule has 1 aliphatic heterocycles. The van der Waals surface area contributed by atoms with Gasteiger partial charge in [-0.2, -0.15) is 0 Å². The van der Waals surface area contributed by atoms with Gasteiger partial charge >= 0.3 is 0 Å². The number of nitrogens with zero attached hydrogens (tertiary/aromatic N) is 4. The Balaban J connectivity index is 1.54. The van der Waals surface area contributed by atoms with Gasteiger partial charge in [-0.15, -0.1) is 11.8 Å². The van der Waals surface area contributed by atoms with Crippen LogP contribution in [-0.4, -0.2) is 52.7 Å². The fourth-order valence-electron chi connectivity index (χ4n) is 2.98. The Morgan fingerprint density at radius 1 is 1.11 bits per heavy atom. The predicted octanol–water partition coefficient (Wildman–Crippen LogP) is 3.63. The average Bonchev–Trinajstić information content (AvgIpc) is 2.68. The lowest BCUT2D eigenvalue weighted by atomic mass is 10.2. The molecule has 5 nitrogen and oxygen atoms in total. The number of rotatable bonds is 5. The van der Waals surface area contributed by atoms with Gasteiger partial charge in [0.05, 0.1) is 5.75 Å². The van der Waals surface area contributed by atoms with Gasteiger partial charge in [-0.3, -0.25) is 4.79 Å². The minimum atomic E-state index is -0.896. The first kappa shape index (κ1) is 20.5. The minimum Gasteiger partial charge on any atom is -0.353 e. The van der Waals surface area contributed by atoms with Crippen LogP contribution in [0.15, 0.2) is 29.2 Å². The quantitative estimate of drug-likeness (QED) is 0.710. The Morgan fingerprint density at radius 3 is 2.46 bits per heavy atom. The molecule has 1 aromatic heterocycles. The molecule has 0 atom stereocenters. The summed E-state index contributed by atoms with van der Waals surface area (Å²) in [5.41, 5.74) is 0.940. The Bertz CT molecular complexity index is 854. The van der Waals surface area contributed by atoms with Crippen molar-refractivity contribution in [3.8, 4) is 0 Å². The third kappa shape index (κ3) is 4.98. The van der Waals surface area contributed by atoms with Crippen molar-refractivity contribution in [2.45, 2.75) is 31.6 Å². The zero-order chi connectivity index (χ0) is 20.3. The van der Waals surface area contributed by atoms with E-state index >= 15 is 0 Å². The smallest absolute Gasteiger partial charge is 0.233 e. The van der Waals surface area contributed by atoms with Crippen LogP contribution in [0.2, 0.25) is 0 Å². The monoisotopic (exact) mass is 406 g/mol. The molecule has 0 bridgehead atoms. The van der Waals surface area contributed by atoms with Crippen LogP contribution >= 0.6 is 11.8 Å². The topological polar surface area (TPSA) is 49.3 Å². The van der Waals surface area contributed by atoms with Crippen LogP contribution in [0.5, 0.6) is 0 Å². The molecule has 28 heavy (non-hydrogen) atoms. The average molecular weight is 407 g/mol. The van der Waals surface area contributed by atoms with Crippen molar-refractivity contribution in [3.63, 3.8) is 0 Å². The SMILES string of the molecule is Cc1cc(N2CCN(C(=O)CSc3ccc(F)c(F)c3)CC2)nc(C(C)C)n1. The maximum atomic E-state index is 13.3. The first-order chi connectivity index (χ1) is 13.3. The largest absolute Gasteiger partial charge is 0.353 e. The highest BCUT2D eigenvalue weighted by molar-refractivity contribution is 8.00. The molecule has 1 aromatic carbocycles. The van der Waals surface area contributed by atoms with E-state index in [1.807, 2.05) is 13.0 Å². The Kier molecular flexibility index (Phi) is 6.49. The molecule has 0 spiro atoms. The van der Waals surface area contributed by atoms with E-state index in [9.17, 15) is 13.6 Å². The van der Waals surface area contributed by atoms with Crippen LogP contribution in [0.1, 0.15) is 31.3 Å². The van der Waals surface area contributed by atoms with E-state index in [-0.39, 0.29) is 17.6 Å². The standard InChI is InChI=1S/C20H24F2N4OS/c1-13(2)20-23-14(3)10-18(24-20)25-6-8-26(9-7-25)19(27)12-28-15-4-5-16(21)17(22)11-15/h4-5,10-11,13H,6-9,12H2,1-3H3. The Morgan fingerprint density at radius 2 is 1.82 bits per heavy atom. The lowest BCUT2D eigenvalue weighted by molar-refractivity contribution is -0.128. The molecule has 0 aliphatic carbocycles. The zero-order valence-corrected chi connectivity index (χ0v) is 17.1. The van der Waals surface area contributed by atoms with Gasteiger partial charge in [0.25, 0.3) is 0 Å². The van der Waals surface area contributed by atoms with E-state index in [0.29, 0.717) is 31.1 Å². The van der Waals surface area contributed by atoms with Crippen molar-refractivity contribution in [2.24, 2.45) is 0 Å². The van der Waals surface area contributed by atoms with E-state index in [2.05, 4.69) is 28.7 Å². The summed E-state index contributed by atoms with van der Waals surface area (Å²) in [4.78, 5) is 26.1. The third-order valence-corrected chi connectivity index (χ3v) is 5.56. The highest BCUT2D eigenvalue weighted by Gasteiger charge is 2.23. The van der Waals surface area contributed by atoms with Gasteiger partial charge in [-0.25, -0.2) is 18.7 Å². The first-order valence-corrected chi connectivity index (χ1v) is 10.3. The van der Waals surface area contributed by atoms with Crippen LogP contribution in [0, 0.1) is 18.6 Å². The fraction of sp³-hybridized carbons (Fsp3) is 0.450. The minimum absolute atomic E-state index is 0.00359. The van der Waals surface area contributed by atoms with Gasteiger partial charge < -0.3 is 9.80 Å². The summed E-state index contributed by atoms with van der Waals surface area (Å²) < 4.78 is 26.3. The molecule has 1 saturated heterocycles. The fourth-order valence-corrected chi connectivity index (χ4v) is 3.81. The van der Waals surface area contributed by atoms with E-state index in [4.69, 9.17) is 0 Å². The summed E-state index contributed by atoms with van der Waals surface area (Å²) in [5, 5.41) is 0. The summed E-state index contributed by atoms with van der Waals surface area (Å²) in [7, 11) is 0. The van der Waals surface area contributed by atoms with Gasteiger partial charge in [-0.05, 0) is 25.1 Å². The van der Waals surface area contributed by atoms with E-state index in [0.717, 1.165) is 29.5 Å². The van der Waals surface area contributed by atoms with Crippen LogP contribution in [-0.2, 0) is 4.79 Å². The lowest BCUT2D eigenvalue weighted by Gasteiger charge is -2.35. The number of carbonyl (C=O) groups is 1. The second kappa shape index (κ2) is 8.86. The van der Waals surface area contributed by atoms with Gasteiger partial charge in [0, 0.05) is 48.8 Å². The number of piperazine rings is 1. The second-order valence-corrected chi connectivity index (χ2v) is 8.16. The number of hydrogen-bond donors (Lipinski definition) is 0. The third-order valence-electron chi connectivity index (χ3n) is 4.58. The maximum Gasteiger partial charge on any atom is 0.233 e. The summed E-state index contributed by atoms with van der Waals surface area (Å²) in [6, 6.07) is 5.66. The molecular weight excluding hydrogens is 382 g/mol. The Hall–Kier alpha value is -2.22. The number of aryl methyl sites for hydroxylation is 1. The highest BCUT2D eigenvalue weighted by atomic mass is 32.2. The summed E-state index contributed by atoms with van der Waals surface area (Å²) in [6.45, 7) is 8.73. The number of halogens is 2. The van der Waals surface area contributed by atoms with Crippen molar-refractivity contribution in [1.82, 2.24) is 14.9 Å². The molecule has 3 rings (SSSR count). The van der Waals surface area contributed by atoms with E-state index < -0.39 is 11.6 Å². The lowest BCUT2D eigenvalue weighted by Crippen LogP contribution is -2.49. The van der Waals surface area contributed by atoms with Crippen molar-refractivity contribution in [3.05, 3.63) is 47.4 Å². The highest BCUT2D eigenvalue weighted by Crippen LogP contribution is 2.22. The van der Waals surface area contributed by atoms with Crippen LogP contribution in [0.25, 0.3) is 0 Å². The van der Waals surface area contributed by atoms with Gasteiger partial charge in [0.15, 0.2) is 11.6 Å². The maximum absolute atomic E-state index is 13.3. The zero-order valence-electron chi connectivity index (χ0n) is 16.3. The van der Waals surface area contributed by atoms with Gasteiger partial charge in [0.2, 0.25) is 5.91 Å². The molecule has 0 unspecified atom stereocenters. The molecule has 1 amide bonds. The number of hydrogen-bond acceptors (Lipinski definition) is 5. The number of thioether (sulfide) groups is 1. The number of amides is 1. The van der Waals surface area contributed by atoms with Crippen molar-refractivity contribution in [2.75, 3.05) is 36.8 Å². The van der Waals surface area contributed by atoms with Gasteiger partial charge in [-0.1, -0.05) is 13.8 Å². The number of carbonyl (C=O) groups excluding carboxylic acids is 1. The summed E-state index contributed by atoms with van der Waals surface area (Å²) in [5.74, 6) is 0.413. The molecule has 0 saturated carbocycles. The van der Waals surface area contributed by atoms with E-state index in [1.54, 1.807) is 4.90 Å². The molecule has 2 heterocycles. The normalized spacial score (nSPS) is 14.6. The summed E-state index contributed by atoms with van der Waals surface area (Å²) >= 11 is 1.22. The van der Waals surface area contributed by atoms with Crippen LogP contribution < -0.4 is 4.90 Å². The Labute approximate surface area is 168 Å². The molecule has 2 aromatic rings. The molecule has 0 N–H and O–H groups in total. The predicted molar refractivity (Wildman–Crippen MR) is 107 cm³/mol. The number of aromatic nitrogens is 2. The van der Waals surface area contributed by atoms with Crippen molar-refractivity contribution in [1.29, 1.82) is 0 Å². The molecule has 150 valence electrons. The first-order valence-electron chi connectivity index (χ1n) is 9.29. The van der Waals surface area contributed by atoms with Crippen molar-refractivity contribution >= 4 is 23.5 Å². The number of anilines is 1. The second-order valence-electron chi connectivity index (χ2n) is 7.11. The molecule has 1 aliphatic rings. The van der Waals surface area contributed by atoms with Crippen molar-refractivity contribution < 1.29 is 13.6 Å². The van der Waals surface area contributed by atoms with Gasteiger partial charge in [0.1, 0.15) is 11.6 Å². The van der Waals surface area contributed by atoms with E-state index in [1.165, 1.54) is 17.8 Å².